The number of carbonyl (C=O) groups excluding carboxylic acids is 1. The fraction of sp³-hybridized carbons (Fsp3) is 0.576. The van der Waals surface area contributed by atoms with E-state index in [1.807, 2.05) is 35.2 Å². The van der Waals surface area contributed by atoms with Gasteiger partial charge in [0.05, 0.1) is 46.8 Å². The number of hydrogen-bond donors (Lipinski definition) is 1. The summed E-state index contributed by atoms with van der Waals surface area (Å²) in [5.74, 6) is -0.623. The minimum absolute atomic E-state index is 0.0234. The molecule has 0 saturated carbocycles. The van der Waals surface area contributed by atoms with Crippen molar-refractivity contribution in [3.63, 3.8) is 0 Å². The maximum Gasteiger partial charge on any atom is 0.308 e. The number of carbonyl (C=O) groups is 2. The van der Waals surface area contributed by atoms with Crippen molar-refractivity contribution < 1.29 is 38.1 Å². The quantitative estimate of drug-likeness (QED) is 0.346. The summed E-state index contributed by atoms with van der Waals surface area (Å²) in [7, 11) is 6.45. The van der Waals surface area contributed by atoms with Crippen molar-refractivity contribution in [2.75, 3.05) is 65.7 Å². The van der Waals surface area contributed by atoms with Crippen molar-refractivity contribution in [3.8, 4) is 11.5 Å². The Morgan fingerprint density at radius 2 is 1.79 bits per heavy atom. The molecular weight excluding hydrogens is 550 g/mol. The summed E-state index contributed by atoms with van der Waals surface area (Å²) in [6.07, 6.45) is 2.61. The summed E-state index contributed by atoms with van der Waals surface area (Å²) in [6.45, 7) is 5.39. The molecule has 3 aliphatic rings. The van der Waals surface area contributed by atoms with E-state index in [9.17, 15) is 14.7 Å². The van der Waals surface area contributed by atoms with Gasteiger partial charge in [0, 0.05) is 36.3 Å². The van der Waals surface area contributed by atoms with E-state index in [4.69, 9.17) is 18.9 Å². The monoisotopic (exact) mass is 596 g/mol. The van der Waals surface area contributed by atoms with Gasteiger partial charge in [0.1, 0.15) is 6.54 Å². The van der Waals surface area contributed by atoms with Crippen molar-refractivity contribution in [1.82, 2.24) is 4.90 Å². The molecule has 1 amide bonds. The van der Waals surface area contributed by atoms with Gasteiger partial charge in [-0.25, -0.2) is 0 Å². The lowest BCUT2D eigenvalue weighted by Gasteiger charge is -2.30. The number of nitrogens with zero attached hydrogens (tertiary/aromatic N) is 3. The zero-order chi connectivity index (χ0) is 30.6. The zero-order valence-corrected chi connectivity index (χ0v) is 25.9. The Kier molecular flexibility index (Phi) is 9.91. The van der Waals surface area contributed by atoms with Crippen molar-refractivity contribution in [2.45, 2.75) is 57.4 Å². The summed E-state index contributed by atoms with van der Waals surface area (Å²) in [5.41, 5.74) is 2.93. The third kappa shape index (κ3) is 7.67. The maximum absolute atomic E-state index is 14.1. The molecule has 3 aliphatic heterocycles. The van der Waals surface area contributed by atoms with Crippen LogP contribution in [-0.2, 0) is 25.6 Å². The number of hydrogen-bond acceptors (Lipinski definition) is 7. The van der Waals surface area contributed by atoms with Crippen LogP contribution in [0.4, 0.5) is 5.69 Å². The van der Waals surface area contributed by atoms with Gasteiger partial charge in [-0.2, -0.15) is 0 Å². The van der Waals surface area contributed by atoms with Crippen LogP contribution < -0.4 is 14.4 Å². The summed E-state index contributed by atoms with van der Waals surface area (Å²) in [5, 5.41) is 10.5. The first kappa shape index (κ1) is 31.3. The molecule has 2 fully saturated rings. The number of unbranched alkanes of at least 4 members (excludes halogenated alkanes) is 1. The van der Waals surface area contributed by atoms with Gasteiger partial charge in [-0.1, -0.05) is 31.5 Å². The maximum atomic E-state index is 14.1. The normalized spacial score (nSPS) is 22.3. The first-order valence-corrected chi connectivity index (χ1v) is 15.4. The number of carboxylic acid groups (broad SMARTS) is 1. The molecule has 5 rings (SSSR count). The predicted octanol–water partition coefficient (Wildman–Crippen LogP) is 4.08. The molecule has 43 heavy (non-hydrogen) atoms. The summed E-state index contributed by atoms with van der Waals surface area (Å²) < 4.78 is 23.2. The predicted molar refractivity (Wildman–Crippen MR) is 162 cm³/mol. The highest BCUT2D eigenvalue weighted by Gasteiger charge is 2.47. The molecule has 10 heteroatoms. The third-order valence-corrected chi connectivity index (χ3v) is 8.50. The van der Waals surface area contributed by atoms with Gasteiger partial charge in [-0.05, 0) is 49.1 Å². The Hall–Kier alpha value is -3.18. The van der Waals surface area contributed by atoms with Crippen molar-refractivity contribution in [2.24, 2.45) is 5.92 Å². The molecule has 3 heterocycles. The molecule has 0 spiro atoms. The molecule has 1 N–H and O–H groups in total. The number of carboxylic acids is 1. The largest absolute Gasteiger partial charge is 0.481 e. The minimum atomic E-state index is -0.869. The van der Waals surface area contributed by atoms with Crippen LogP contribution in [0.15, 0.2) is 42.5 Å². The average Bonchev–Trinajstić information content (AvgIpc) is 3.71. The summed E-state index contributed by atoms with van der Waals surface area (Å²) in [4.78, 5) is 30.9. The fourth-order valence-electron chi connectivity index (χ4n) is 6.56. The lowest BCUT2D eigenvalue weighted by Crippen LogP contribution is -2.45. The van der Waals surface area contributed by atoms with Gasteiger partial charge in [0.2, 0.25) is 12.7 Å². The number of anilines is 1. The van der Waals surface area contributed by atoms with Crippen LogP contribution in [0.3, 0.4) is 0 Å². The van der Waals surface area contributed by atoms with E-state index in [0.717, 1.165) is 35.1 Å². The Labute approximate surface area is 254 Å². The Morgan fingerprint density at radius 3 is 2.51 bits per heavy atom. The number of fused-ring (bicyclic) bond motifs is 1. The lowest BCUT2D eigenvalue weighted by molar-refractivity contribution is -0.884. The van der Waals surface area contributed by atoms with Gasteiger partial charge in [-0.15, -0.1) is 0 Å². The SMILES string of the molecule is CCCCN(C(=O)CN1C[C@H](c2ccc3c(c2)OCO3)[C@@H](C(=O)O)[C@@H]1CCC1OCCO1)c1cccc(C[N+](C)(C)C)c1. The molecule has 0 aromatic heterocycles. The van der Waals surface area contributed by atoms with Gasteiger partial charge in [0.25, 0.3) is 0 Å². The number of rotatable bonds is 13. The van der Waals surface area contributed by atoms with E-state index in [0.29, 0.717) is 50.6 Å². The fourth-order valence-corrected chi connectivity index (χ4v) is 6.56. The highest BCUT2D eigenvalue weighted by molar-refractivity contribution is 5.95. The molecule has 234 valence electrons. The zero-order valence-electron chi connectivity index (χ0n) is 25.9. The molecule has 0 bridgehead atoms. The van der Waals surface area contributed by atoms with Crippen LogP contribution >= 0.6 is 0 Å². The summed E-state index contributed by atoms with van der Waals surface area (Å²) in [6, 6.07) is 13.5. The van der Waals surface area contributed by atoms with Crippen molar-refractivity contribution in [3.05, 3.63) is 53.6 Å². The Balaban J connectivity index is 1.41. The van der Waals surface area contributed by atoms with E-state index in [2.05, 4.69) is 45.1 Å². The molecule has 3 atom stereocenters. The van der Waals surface area contributed by atoms with Gasteiger partial charge >= 0.3 is 5.97 Å². The number of aliphatic carboxylic acids is 1. The van der Waals surface area contributed by atoms with Crippen LogP contribution in [-0.4, -0.2) is 99.5 Å². The topological polar surface area (TPSA) is 97.8 Å². The second-order valence-electron chi connectivity index (χ2n) is 12.8. The lowest BCUT2D eigenvalue weighted by atomic mass is 9.83. The highest BCUT2D eigenvalue weighted by atomic mass is 16.7. The van der Waals surface area contributed by atoms with Crippen LogP contribution in [0, 0.1) is 5.92 Å². The second-order valence-corrected chi connectivity index (χ2v) is 12.8. The first-order chi connectivity index (χ1) is 20.6. The number of ether oxygens (including phenoxy) is 4. The van der Waals surface area contributed by atoms with Crippen LogP contribution in [0.2, 0.25) is 0 Å². The number of likely N-dealkylation sites (tertiary alicyclic amines) is 1. The molecular formula is C33H46N3O7+. The molecule has 2 aromatic rings. The molecule has 0 radical (unpaired) electrons. The second kappa shape index (κ2) is 13.6. The number of amides is 1. The van der Waals surface area contributed by atoms with Gasteiger partial charge in [0.15, 0.2) is 17.8 Å². The number of quaternary nitrogens is 1. The van der Waals surface area contributed by atoms with Crippen molar-refractivity contribution >= 4 is 17.6 Å². The Morgan fingerprint density at radius 1 is 1.02 bits per heavy atom. The standard InChI is InChI=1S/C33H45N3O7/c1-5-6-14-35(25-9-7-8-23(17-25)21-36(2,3)4)30(37)20-34-19-26(24-10-12-28-29(18-24)43-22-42-28)32(33(38)39)27(34)11-13-31-40-15-16-41-31/h7-10,12,17-18,26-27,31-32H,5-6,11,13-16,19-22H2,1-4H3/p+1/t26-,27+,32-/m1/s1. The molecule has 10 nitrogen and oxygen atoms in total. The first-order valence-electron chi connectivity index (χ1n) is 15.4. The van der Waals surface area contributed by atoms with E-state index in [-0.39, 0.29) is 37.5 Å². The minimum Gasteiger partial charge on any atom is -0.481 e. The van der Waals surface area contributed by atoms with Gasteiger partial charge < -0.3 is 33.4 Å². The molecule has 0 unspecified atom stereocenters. The third-order valence-electron chi connectivity index (χ3n) is 8.50. The molecule has 0 aliphatic carbocycles. The number of benzene rings is 2. The average molecular weight is 597 g/mol. The highest BCUT2D eigenvalue weighted by Crippen LogP contribution is 2.43. The van der Waals surface area contributed by atoms with Crippen molar-refractivity contribution in [1.29, 1.82) is 0 Å². The van der Waals surface area contributed by atoms with Crippen LogP contribution in [0.5, 0.6) is 11.5 Å². The van der Waals surface area contributed by atoms with E-state index in [1.54, 1.807) is 0 Å². The van der Waals surface area contributed by atoms with E-state index in [1.165, 1.54) is 5.56 Å². The molecule has 2 saturated heterocycles. The van der Waals surface area contributed by atoms with Gasteiger partial charge in [-0.3, -0.25) is 14.5 Å². The van der Waals surface area contributed by atoms with E-state index < -0.39 is 11.9 Å². The summed E-state index contributed by atoms with van der Waals surface area (Å²) >= 11 is 0. The van der Waals surface area contributed by atoms with Crippen LogP contribution in [0.1, 0.15) is 49.7 Å². The molecule has 2 aromatic carbocycles. The Bertz CT molecular complexity index is 1270. The smallest absolute Gasteiger partial charge is 0.308 e. The van der Waals surface area contributed by atoms with Crippen LogP contribution in [0.25, 0.3) is 0 Å². The van der Waals surface area contributed by atoms with E-state index >= 15 is 0 Å².